The molecule has 0 bridgehead atoms. The van der Waals surface area contributed by atoms with E-state index in [-0.39, 0.29) is 0 Å². The van der Waals surface area contributed by atoms with Crippen LogP contribution in [0.3, 0.4) is 0 Å². The molecule has 0 unspecified atom stereocenters. The Kier molecular flexibility index (Phi) is 5.14. The number of halogens is 2. The Bertz CT molecular complexity index is 476. The molecule has 0 aliphatic heterocycles. The van der Waals surface area contributed by atoms with E-state index in [1.165, 1.54) is 63.5 Å². The molecule has 21 heavy (non-hydrogen) atoms. The molecule has 0 radical (unpaired) electrons. The summed E-state index contributed by atoms with van der Waals surface area (Å²) in [4.78, 5) is 0. The lowest BCUT2D eigenvalue weighted by Crippen LogP contribution is -2.26. The minimum atomic E-state index is 0.563. The van der Waals surface area contributed by atoms with E-state index in [4.69, 9.17) is 23.2 Å². The zero-order valence-electron chi connectivity index (χ0n) is 12.6. The number of hydrogen-bond acceptors (Lipinski definition) is 1. The fraction of sp³-hybridized carbons (Fsp3) is 0.667. The van der Waals surface area contributed by atoms with Gasteiger partial charge in [-0.05, 0) is 74.6 Å². The maximum Gasteiger partial charge on any atom is 0.0595 e. The van der Waals surface area contributed by atoms with Gasteiger partial charge in [0.1, 0.15) is 0 Å². The van der Waals surface area contributed by atoms with E-state index < -0.39 is 0 Å². The molecule has 2 aliphatic rings. The van der Waals surface area contributed by atoms with Crippen LogP contribution in [-0.2, 0) is 6.42 Å². The van der Waals surface area contributed by atoms with Crippen LogP contribution in [0.25, 0.3) is 0 Å². The summed E-state index contributed by atoms with van der Waals surface area (Å²) in [6.07, 6.45) is 12.1. The second-order valence-electron chi connectivity index (χ2n) is 6.93. The Balaban J connectivity index is 1.54. The van der Waals surface area contributed by atoms with Crippen molar-refractivity contribution < 1.29 is 0 Å². The van der Waals surface area contributed by atoms with Crippen LogP contribution < -0.4 is 5.32 Å². The summed E-state index contributed by atoms with van der Waals surface area (Å²) >= 11 is 12.1. The average molecular weight is 326 g/mol. The van der Waals surface area contributed by atoms with Crippen molar-refractivity contribution in [3.8, 4) is 0 Å². The van der Waals surface area contributed by atoms with Crippen molar-refractivity contribution in [3.63, 3.8) is 0 Å². The lowest BCUT2D eigenvalue weighted by Gasteiger charge is -2.29. The SMILES string of the molecule is Clc1ccc(CCC2(CCNC3CC3)CCCC2)cc1Cl. The second-order valence-corrected chi connectivity index (χ2v) is 7.75. The summed E-state index contributed by atoms with van der Waals surface area (Å²) in [6, 6.07) is 6.92. The quantitative estimate of drug-likeness (QED) is 0.685. The molecule has 116 valence electrons. The number of rotatable bonds is 7. The van der Waals surface area contributed by atoms with Crippen LogP contribution in [0, 0.1) is 5.41 Å². The molecule has 1 aromatic carbocycles. The Morgan fingerprint density at radius 3 is 2.48 bits per heavy atom. The van der Waals surface area contributed by atoms with Gasteiger partial charge in [-0.15, -0.1) is 0 Å². The van der Waals surface area contributed by atoms with Gasteiger partial charge in [-0.1, -0.05) is 42.1 Å². The van der Waals surface area contributed by atoms with E-state index in [1.807, 2.05) is 12.1 Å². The number of hydrogen-bond donors (Lipinski definition) is 1. The summed E-state index contributed by atoms with van der Waals surface area (Å²) in [5.74, 6) is 0. The van der Waals surface area contributed by atoms with Gasteiger partial charge in [0.15, 0.2) is 0 Å². The monoisotopic (exact) mass is 325 g/mol. The molecule has 1 aromatic rings. The number of benzene rings is 1. The lowest BCUT2D eigenvalue weighted by molar-refractivity contribution is 0.245. The van der Waals surface area contributed by atoms with Crippen molar-refractivity contribution in [1.82, 2.24) is 5.32 Å². The van der Waals surface area contributed by atoms with Crippen molar-refractivity contribution in [2.75, 3.05) is 6.54 Å². The first-order valence-corrected chi connectivity index (χ1v) is 9.10. The molecule has 0 saturated heterocycles. The van der Waals surface area contributed by atoms with Gasteiger partial charge < -0.3 is 5.32 Å². The second kappa shape index (κ2) is 6.89. The highest BCUT2D eigenvalue weighted by Gasteiger charge is 2.33. The molecule has 2 saturated carbocycles. The minimum absolute atomic E-state index is 0.563. The molecular formula is C18H25Cl2N. The van der Waals surface area contributed by atoms with Crippen LogP contribution in [-0.4, -0.2) is 12.6 Å². The van der Waals surface area contributed by atoms with Gasteiger partial charge in [0.25, 0.3) is 0 Å². The Morgan fingerprint density at radius 2 is 1.81 bits per heavy atom. The van der Waals surface area contributed by atoms with Crippen LogP contribution in [0.2, 0.25) is 10.0 Å². The molecule has 3 heteroatoms. The first kappa shape index (κ1) is 15.6. The summed E-state index contributed by atoms with van der Waals surface area (Å²) in [6.45, 7) is 1.20. The van der Waals surface area contributed by atoms with Crippen molar-refractivity contribution in [2.45, 2.75) is 63.8 Å². The van der Waals surface area contributed by atoms with E-state index in [1.54, 1.807) is 0 Å². The third kappa shape index (κ3) is 4.37. The molecule has 1 nitrogen and oxygen atoms in total. The zero-order chi connectivity index (χ0) is 14.7. The standard InChI is InChI=1S/C18H25Cl2N/c19-16-6-3-14(13-17(16)20)7-10-18(8-1-2-9-18)11-12-21-15-4-5-15/h3,6,13,15,21H,1-2,4-5,7-12H2. The Hall–Kier alpha value is -0.240. The third-order valence-corrected chi connectivity index (χ3v) is 6.00. The molecule has 1 N–H and O–H groups in total. The van der Waals surface area contributed by atoms with Crippen LogP contribution in [0.4, 0.5) is 0 Å². The van der Waals surface area contributed by atoms with Crippen LogP contribution in [0.15, 0.2) is 18.2 Å². The van der Waals surface area contributed by atoms with Crippen LogP contribution in [0.1, 0.15) is 56.9 Å². The van der Waals surface area contributed by atoms with E-state index in [0.717, 1.165) is 12.5 Å². The van der Waals surface area contributed by atoms with E-state index in [0.29, 0.717) is 15.5 Å². The summed E-state index contributed by atoms with van der Waals surface area (Å²) < 4.78 is 0. The number of nitrogens with one attached hydrogen (secondary N) is 1. The zero-order valence-corrected chi connectivity index (χ0v) is 14.1. The molecule has 2 fully saturated rings. The average Bonchev–Trinajstić information content (AvgIpc) is 3.18. The highest BCUT2D eigenvalue weighted by atomic mass is 35.5. The van der Waals surface area contributed by atoms with Gasteiger partial charge in [-0.3, -0.25) is 0 Å². The van der Waals surface area contributed by atoms with Gasteiger partial charge in [-0.2, -0.15) is 0 Å². The molecule has 3 rings (SSSR count). The van der Waals surface area contributed by atoms with Crippen LogP contribution in [0.5, 0.6) is 0 Å². The third-order valence-electron chi connectivity index (χ3n) is 5.26. The largest absolute Gasteiger partial charge is 0.314 e. The summed E-state index contributed by atoms with van der Waals surface area (Å²) in [5, 5.41) is 5.03. The smallest absolute Gasteiger partial charge is 0.0595 e. The van der Waals surface area contributed by atoms with Gasteiger partial charge in [0, 0.05) is 6.04 Å². The summed E-state index contributed by atoms with van der Waals surface area (Å²) in [5.41, 5.74) is 1.89. The maximum absolute atomic E-state index is 6.13. The molecule has 0 aromatic heterocycles. The molecular weight excluding hydrogens is 301 g/mol. The Morgan fingerprint density at radius 1 is 1.05 bits per heavy atom. The van der Waals surface area contributed by atoms with Gasteiger partial charge in [0.2, 0.25) is 0 Å². The van der Waals surface area contributed by atoms with Crippen molar-refractivity contribution in [3.05, 3.63) is 33.8 Å². The van der Waals surface area contributed by atoms with Gasteiger partial charge in [-0.25, -0.2) is 0 Å². The van der Waals surface area contributed by atoms with E-state index >= 15 is 0 Å². The minimum Gasteiger partial charge on any atom is -0.314 e. The van der Waals surface area contributed by atoms with E-state index in [9.17, 15) is 0 Å². The lowest BCUT2D eigenvalue weighted by atomic mass is 9.77. The normalized spacial score (nSPS) is 20.9. The first-order valence-electron chi connectivity index (χ1n) is 8.34. The Labute approximate surface area is 138 Å². The molecule has 0 atom stereocenters. The number of aryl methyl sites for hydroxylation is 1. The topological polar surface area (TPSA) is 12.0 Å². The van der Waals surface area contributed by atoms with Crippen LogP contribution >= 0.6 is 23.2 Å². The highest BCUT2D eigenvalue weighted by molar-refractivity contribution is 6.42. The van der Waals surface area contributed by atoms with Crippen molar-refractivity contribution in [2.24, 2.45) is 5.41 Å². The first-order chi connectivity index (χ1) is 10.2. The van der Waals surface area contributed by atoms with Crippen molar-refractivity contribution in [1.29, 1.82) is 0 Å². The fourth-order valence-corrected chi connectivity index (χ4v) is 4.00. The molecule has 0 heterocycles. The molecule has 0 spiro atoms. The fourth-order valence-electron chi connectivity index (χ4n) is 3.68. The molecule has 0 amide bonds. The predicted molar refractivity (Wildman–Crippen MR) is 91.3 cm³/mol. The predicted octanol–water partition coefficient (Wildman–Crippen LogP) is 5.63. The van der Waals surface area contributed by atoms with Gasteiger partial charge in [0.05, 0.1) is 10.0 Å². The van der Waals surface area contributed by atoms with Crippen molar-refractivity contribution >= 4 is 23.2 Å². The van der Waals surface area contributed by atoms with Gasteiger partial charge >= 0.3 is 0 Å². The maximum atomic E-state index is 6.13. The molecule has 2 aliphatic carbocycles. The van der Waals surface area contributed by atoms with E-state index in [2.05, 4.69) is 11.4 Å². The summed E-state index contributed by atoms with van der Waals surface area (Å²) in [7, 11) is 0. The highest BCUT2D eigenvalue weighted by Crippen LogP contribution is 2.44.